The Morgan fingerprint density at radius 1 is 1.42 bits per heavy atom. The first-order valence-electron chi connectivity index (χ1n) is 6.50. The summed E-state index contributed by atoms with van der Waals surface area (Å²) < 4.78 is 4.95. The fraction of sp³-hybridized carbons (Fsp3) is 0.615. The molecule has 1 aromatic rings. The number of methoxy groups -OCH3 is 1. The number of Topliss-reactive ketones (excluding diaryl/α,β-unsaturated/α-hetero) is 1. The second-order valence-electron chi connectivity index (χ2n) is 4.78. The lowest BCUT2D eigenvalue weighted by Gasteiger charge is -2.15. The van der Waals surface area contributed by atoms with Gasteiger partial charge in [0.05, 0.1) is 6.61 Å². The van der Waals surface area contributed by atoms with Crippen LogP contribution in [0.1, 0.15) is 45.8 Å². The monoisotopic (exact) mass is 265 g/mol. The summed E-state index contributed by atoms with van der Waals surface area (Å²) >= 11 is 0. The number of aromatic nitrogens is 2. The largest absolute Gasteiger partial charge is 0.383 e. The normalized spacial score (nSPS) is 14.9. The predicted molar refractivity (Wildman–Crippen MR) is 69.3 cm³/mol. The average molecular weight is 265 g/mol. The molecule has 0 saturated heterocycles. The number of H-pyrrole nitrogens is 1. The van der Waals surface area contributed by atoms with Crippen LogP contribution in [0.4, 0.5) is 0 Å². The lowest BCUT2D eigenvalue weighted by molar-refractivity contribution is 0.0737. The summed E-state index contributed by atoms with van der Waals surface area (Å²) in [6, 6.07) is 0. The third-order valence-corrected chi connectivity index (χ3v) is 3.41. The number of rotatable bonds is 4. The first kappa shape index (κ1) is 13.7. The van der Waals surface area contributed by atoms with Crippen molar-refractivity contribution in [1.82, 2.24) is 15.1 Å². The van der Waals surface area contributed by atoms with Crippen LogP contribution < -0.4 is 0 Å². The van der Waals surface area contributed by atoms with E-state index in [9.17, 15) is 9.59 Å². The summed E-state index contributed by atoms with van der Waals surface area (Å²) in [7, 11) is 3.30. The van der Waals surface area contributed by atoms with Gasteiger partial charge in [-0.2, -0.15) is 5.10 Å². The zero-order valence-corrected chi connectivity index (χ0v) is 11.4. The molecule has 1 aliphatic carbocycles. The second-order valence-corrected chi connectivity index (χ2v) is 4.78. The zero-order chi connectivity index (χ0) is 13.8. The molecule has 2 rings (SSSR count). The van der Waals surface area contributed by atoms with Gasteiger partial charge in [0.15, 0.2) is 11.5 Å². The number of hydrogen-bond acceptors (Lipinski definition) is 4. The maximum Gasteiger partial charge on any atom is 0.274 e. The molecule has 1 aromatic heterocycles. The Labute approximate surface area is 112 Å². The number of ketones is 1. The van der Waals surface area contributed by atoms with Crippen molar-refractivity contribution in [2.75, 3.05) is 27.3 Å². The summed E-state index contributed by atoms with van der Waals surface area (Å²) in [6.07, 6.45) is 3.05. The Kier molecular flexibility index (Phi) is 4.31. The van der Waals surface area contributed by atoms with Crippen LogP contribution in [0.25, 0.3) is 0 Å². The van der Waals surface area contributed by atoms with Crippen molar-refractivity contribution >= 4 is 11.7 Å². The van der Waals surface area contributed by atoms with Gasteiger partial charge in [0.25, 0.3) is 5.91 Å². The minimum Gasteiger partial charge on any atom is -0.383 e. The van der Waals surface area contributed by atoms with E-state index >= 15 is 0 Å². The van der Waals surface area contributed by atoms with Gasteiger partial charge in [-0.3, -0.25) is 14.7 Å². The molecule has 0 unspecified atom stereocenters. The molecule has 1 aliphatic rings. The van der Waals surface area contributed by atoms with Crippen molar-refractivity contribution in [3.05, 3.63) is 17.0 Å². The lowest BCUT2D eigenvalue weighted by Crippen LogP contribution is -2.31. The van der Waals surface area contributed by atoms with E-state index in [2.05, 4.69) is 10.2 Å². The van der Waals surface area contributed by atoms with Gasteiger partial charge < -0.3 is 9.64 Å². The van der Waals surface area contributed by atoms with E-state index in [1.54, 1.807) is 19.1 Å². The van der Waals surface area contributed by atoms with Gasteiger partial charge in [-0.25, -0.2) is 0 Å². The van der Waals surface area contributed by atoms with Crippen LogP contribution in [0, 0.1) is 0 Å². The number of likely N-dealkylation sites (N-methyl/N-ethyl adjacent to an activating group) is 1. The molecule has 19 heavy (non-hydrogen) atoms. The summed E-state index contributed by atoms with van der Waals surface area (Å²) in [5.41, 5.74) is 1.67. The summed E-state index contributed by atoms with van der Waals surface area (Å²) in [6.45, 7) is 0.985. The van der Waals surface area contributed by atoms with Crippen LogP contribution in [0.3, 0.4) is 0 Å². The predicted octanol–water partition coefficient (Wildman–Crippen LogP) is 1.04. The van der Waals surface area contributed by atoms with Crippen molar-refractivity contribution < 1.29 is 14.3 Å². The Bertz CT molecular complexity index is 481. The molecule has 1 N–H and O–H groups in total. The Morgan fingerprint density at radius 3 is 2.89 bits per heavy atom. The lowest BCUT2D eigenvalue weighted by atomic mass is 10.1. The molecule has 0 atom stereocenters. The van der Waals surface area contributed by atoms with Gasteiger partial charge in [-0.15, -0.1) is 0 Å². The number of nitrogens with zero attached hydrogens (tertiary/aromatic N) is 2. The highest BCUT2D eigenvalue weighted by atomic mass is 16.5. The third-order valence-electron chi connectivity index (χ3n) is 3.41. The van der Waals surface area contributed by atoms with E-state index in [0.717, 1.165) is 24.8 Å². The highest BCUT2D eigenvalue weighted by Crippen LogP contribution is 2.22. The Hall–Kier alpha value is -1.69. The van der Waals surface area contributed by atoms with Crippen LogP contribution in [-0.4, -0.2) is 54.1 Å². The van der Waals surface area contributed by atoms with Gasteiger partial charge >= 0.3 is 0 Å². The fourth-order valence-corrected chi connectivity index (χ4v) is 2.24. The quantitative estimate of drug-likeness (QED) is 0.825. The molecule has 0 fully saturated rings. The Morgan fingerprint density at radius 2 is 2.16 bits per heavy atom. The number of ether oxygens (including phenoxy) is 1. The molecule has 6 nitrogen and oxygen atoms in total. The van der Waals surface area contributed by atoms with Crippen molar-refractivity contribution in [1.29, 1.82) is 0 Å². The molecule has 104 valence electrons. The molecular formula is C13H19N3O3. The first-order valence-corrected chi connectivity index (χ1v) is 6.50. The Balaban J connectivity index is 2.21. The van der Waals surface area contributed by atoms with Crippen LogP contribution in [0.5, 0.6) is 0 Å². The number of fused-ring (bicyclic) bond motifs is 1. The molecule has 1 heterocycles. The van der Waals surface area contributed by atoms with Gasteiger partial charge in [0.1, 0.15) is 5.69 Å². The van der Waals surface area contributed by atoms with Crippen molar-refractivity contribution in [3.63, 3.8) is 0 Å². The van der Waals surface area contributed by atoms with E-state index < -0.39 is 0 Å². The summed E-state index contributed by atoms with van der Waals surface area (Å²) in [5.74, 6) is -0.108. The molecule has 0 spiro atoms. The second kappa shape index (κ2) is 5.97. The van der Waals surface area contributed by atoms with Crippen LogP contribution >= 0.6 is 0 Å². The van der Waals surface area contributed by atoms with Gasteiger partial charge in [-0.1, -0.05) is 0 Å². The molecule has 1 amide bonds. The van der Waals surface area contributed by atoms with Crippen LogP contribution in [0.15, 0.2) is 0 Å². The number of nitrogens with one attached hydrogen (secondary N) is 1. The molecule has 0 saturated carbocycles. The highest BCUT2D eigenvalue weighted by Gasteiger charge is 2.26. The first-order chi connectivity index (χ1) is 9.15. The third kappa shape index (κ3) is 2.84. The van der Waals surface area contributed by atoms with E-state index in [4.69, 9.17) is 4.74 Å². The minimum atomic E-state index is -0.163. The van der Waals surface area contributed by atoms with E-state index in [-0.39, 0.29) is 11.7 Å². The van der Waals surface area contributed by atoms with Crippen molar-refractivity contribution in [2.24, 2.45) is 0 Å². The highest BCUT2D eigenvalue weighted by molar-refractivity contribution is 6.01. The van der Waals surface area contributed by atoms with Gasteiger partial charge in [-0.05, 0) is 19.3 Å². The number of carbonyl (C=O) groups is 2. The average Bonchev–Trinajstić information content (AvgIpc) is 2.75. The molecule has 6 heteroatoms. The summed E-state index contributed by atoms with van der Waals surface area (Å²) in [4.78, 5) is 25.7. The maximum atomic E-state index is 12.3. The van der Waals surface area contributed by atoms with Gasteiger partial charge in [0, 0.05) is 32.7 Å². The van der Waals surface area contributed by atoms with E-state index in [1.807, 2.05) is 0 Å². The number of carbonyl (C=O) groups excluding carboxylic acids is 2. The van der Waals surface area contributed by atoms with Crippen LogP contribution in [-0.2, 0) is 11.2 Å². The van der Waals surface area contributed by atoms with Crippen molar-refractivity contribution in [3.8, 4) is 0 Å². The van der Waals surface area contributed by atoms with Crippen molar-refractivity contribution in [2.45, 2.75) is 25.7 Å². The molecular weight excluding hydrogens is 246 g/mol. The smallest absolute Gasteiger partial charge is 0.274 e. The number of hydrogen-bond donors (Lipinski definition) is 1. The maximum absolute atomic E-state index is 12.3. The topological polar surface area (TPSA) is 75.3 Å². The van der Waals surface area contributed by atoms with E-state index in [1.165, 1.54) is 0 Å². The minimum absolute atomic E-state index is 0.0543. The number of aromatic amines is 1. The molecule has 0 bridgehead atoms. The SMILES string of the molecule is COCCN(C)C(=O)c1n[nH]c2c1CCCCC2=O. The molecule has 0 radical (unpaired) electrons. The van der Waals surface area contributed by atoms with Gasteiger partial charge in [0.2, 0.25) is 0 Å². The van der Waals surface area contributed by atoms with E-state index in [0.29, 0.717) is 31.0 Å². The molecule has 0 aliphatic heterocycles. The standard InChI is InChI=1S/C13H19N3O3/c1-16(7-8-19-2)13(18)12-9-5-3-4-6-10(17)11(9)14-15-12/h3-8H2,1-2H3,(H,14,15). The molecule has 0 aromatic carbocycles. The fourth-order valence-electron chi connectivity index (χ4n) is 2.24. The zero-order valence-electron chi connectivity index (χ0n) is 11.4. The number of amides is 1. The van der Waals surface area contributed by atoms with Crippen LogP contribution in [0.2, 0.25) is 0 Å². The summed E-state index contributed by atoms with van der Waals surface area (Å²) in [5, 5.41) is 6.77.